The second-order valence-electron chi connectivity index (χ2n) is 7.16. The molecule has 1 aromatic rings. The van der Waals surface area contributed by atoms with Gasteiger partial charge in [0, 0.05) is 18.6 Å². The summed E-state index contributed by atoms with van der Waals surface area (Å²) in [5, 5.41) is 23.4. The fraction of sp³-hybridized carbons (Fsp3) is 0.600. The van der Waals surface area contributed by atoms with Gasteiger partial charge in [0.25, 0.3) is 5.91 Å². The second-order valence-corrected chi connectivity index (χ2v) is 9.21. The molecule has 1 unspecified atom stereocenters. The molecule has 2 aliphatic heterocycles. The highest BCUT2D eigenvalue weighted by molar-refractivity contribution is 8.01. The number of thioether (sulfide) groups is 2. The molecule has 0 spiro atoms. The summed E-state index contributed by atoms with van der Waals surface area (Å²) in [6.07, 6.45) is -0.705. The lowest BCUT2D eigenvalue weighted by molar-refractivity contribution is -0.149. The molecule has 11 nitrogen and oxygen atoms in total. The first-order valence-electron chi connectivity index (χ1n) is 8.33. The largest absolute Gasteiger partial charge is 0.477 e. The molecule has 2 atom stereocenters. The minimum absolute atomic E-state index is 0.0429. The number of carboxylic acids is 1. The van der Waals surface area contributed by atoms with Crippen molar-refractivity contribution in [2.75, 3.05) is 11.5 Å². The van der Waals surface area contributed by atoms with Crippen LogP contribution in [0.4, 0.5) is 4.79 Å². The summed E-state index contributed by atoms with van der Waals surface area (Å²) in [5.74, 6) is -0.894. The van der Waals surface area contributed by atoms with Gasteiger partial charge < -0.3 is 15.2 Å². The van der Waals surface area contributed by atoms with Gasteiger partial charge in [0.2, 0.25) is 5.16 Å². The number of hydrogen-bond donors (Lipinski definition) is 2. The summed E-state index contributed by atoms with van der Waals surface area (Å²) in [4.78, 5) is 37.6. The number of alkyl carbamates (subject to hydrolysis) is 1. The number of aliphatic carboxylic acids is 1. The molecule has 1 aromatic heterocycles. The van der Waals surface area contributed by atoms with Crippen molar-refractivity contribution in [3.63, 3.8) is 0 Å². The number of carboxylic acid groups (broad SMARTS) is 1. The molecule has 2 amide bonds. The number of carbonyl (C=O) groups excluding carboxylic acids is 2. The Morgan fingerprint density at radius 3 is 2.71 bits per heavy atom. The topological polar surface area (TPSA) is 140 Å². The zero-order valence-electron chi connectivity index (χ0n) is 15.7. The van der Waals surface area contributed by atoms with Crippen molar-refractivity contribution in [1.82, 2.24) is 30.4 Å². The first kappa shape index (κ1) is 20.5. The van der Waals surface area contributed by atoms with Gasteiger partial charge in [-0.05, 0) is 36.8 Å². The summed E-state index contributed by atoms with van der Waals surface area (Å²) in [5.41, 5.74) is -0.133. The number of nitrogens with zero attached hydrogens (tertiary/aromatic N) is 5. The van der Waals surface area contributed by atoms with E-state index in [0.717, 1.165) is 0 Å². The quantitative estimate of drug-likeness (QED) is 0.502. The molecule has 1 saturated heterocycles. The van der Waals surface area contributed by atoms with Gasteiger partial charge in [-0.2, -0.15) is 0 Å². The van der Waals surface area contributed by atoms with Gasteiger partial charge in [-0.15, -0.1) is 16.9 Å². The Hall–Kier alpha value is -2.28. The van der Waals surface area contributed by atoms with E-state index >= 15 is 0 Å². The van der Waals surface area contributed by atoms with E-state index in [4.69, 9.17) is 4.74 Å². The first-order chi connectivity index (χ1) is 13.1. The number of nitrogens with one attached hydrogen (secondary N) is 1. The van der Waals surface area contributed by atoms with Crippen LogP contribution in [0.3, 0.4) is 0 Å². The Balaban J connectivity index is 1.72. The van der Waals surface area contributed by atoms with Crippen molar-refractivity contribution in [3.05, 3.63) is 11.3 Å². The number of ether oxygens (including phenoxy) is 1. The van der Waals surface area contributed by atoms with E-state index in [1.54, 1.807) is 27.8 Å². The normalized spacial score (nSPS) is 21.9. The van der Waals surface area contributed by atoms with E-state index < -0.39 is 35.0 Å². The Labute approximate surface area is 169 Å². The molecule has 2 N–H and O–H groups in total. The lowest BCUT2D eigenvalue weighted by atomic mass is 10.0. The van der Waals surface area contributed by atoms with Crippen molar-refractivity contribution in [2.24, 2.45) is 7.05 Å². The highest BCUT2D eigenvalue weighted by Crippen LogP contribution is 2.41. The van der Waals surface area contributed by atoms with Crippen LogP contribution in [-0.4, -0.2) is 76.7 Å². The summed E-state index contributed by atoms with van der Waals surface area (Å²) in [6.45, 7) is 5.16. The number of β-lactam (4-membered cyclic amide) rings is 1. The first-order valence-corrected chi connectivity index (χ1v) is 10.4. The molecule has 3 rings (SSSR count). The highest BCUT2D eigenvalue weighted by atomic mass is 32.2. The van der Waals surface area contributed by atoms with Crippen molar-refractivity contribution in [1.29, 1.82) is 0 Å². The van der Waals surface area contributed by atoms with Gasteiger partial charge in [0.1, 0.15) is 22.7 Å². The summed E-state index contributed by atoms with van der Waals surface area (Å²) >= 11 is 2.69. The molecular formula is C15H20N6O5S2. The third kappa shape index (κ3) is 4.09. The van der Waals surface area contributed by atoms with Crippen molar-refractivity contribution >= 4 is 41.5 Å². The number of fused-ring (bicyclic) bond motifs is 1. The number of carbonyl (C=O) groups is 3. The SMILES string of the molecule is Cn1nnnc1SCC1=C(C(=O)O)N2C(=O)C(NC(=O)OC(C)(C)C)[C@@H]2SC1. The van der Waals surface area contributed by atoms with Crippen LogP contribution < -0.4 is 5.32 Å². The molecule has 2 aliphatic rings. The van der Waals surface area contributed by atoms with Crippen LogP contribution in [0.5, 0.6) is 0 Å². The number of rotatable bonds is 5. The van der Waals surface area contributed by atoms with Crippen molar-refractivity contribution in [2.45, 2.75) is 42.9 Å². The lowest BCUT2D eigenvalue weighted by Gasteiger charge is -2.49. The highest BCUT2D eigenvalue weighted by Gasteiger charge is 2.54. The molecule has 0 aliphatic carbocycles. The molecule has 1 fully saturated rings. The van der Waals surface area contributed by atoms with Crippen LogP contribution in [0.1, 0.15) is 20.8 Å². The van der Waals surface area contributed by atoms with Crippen LogP contribution in [0.2, 0.25) is 0 Å². The van der Waals surface area contributed by atoms with Gasteiger partial charge in [-0.3, -0.25) is 9.69 Å². The minimum Gasteiger partial charge on any atom is -0.477 e. The molecule has 152 valence electrons. The zero-order chi connectivity index (χ0) is 20.6. The Kier molecular flexibility index (Phi) is 5.57. The zero-order valence-corrected chi connectivity index (χ0v) is 17.3. The molecule has 0 aromatic carbocycles. The van der Waals surface area contributed by atoms with Crippen LogP contribution in [0, 0.1) is 0 Å². The van der Waals surface area contributed by atoms with Gasteiger partial charge >= 0.3 is 12.1 Å². The van der Waals surface area contributed by atoms with E-state index in [0.29, 0.717) is 22.2 Å². The fourth-order valence-corrected chi connectivity index (χ4v) is 5.06. The number of aryl methyl sites for hydroxylation is 1. The summed E-state index contributed by atoms with van der Waals surface area (Å²) in [7, 11) is 1.69. The van der Waals surface area contributed by atoms with Crippen LogP contribution in [0.15, 0.2) is 16.4 Å². The van der Waals surface area contributed by atoms with Crippen LogP contribution in [-0.2, 0) is 21.4 Å². The predicted molar refractivity (Wildman–Crippen MR) is 100 cm³/mol. The molecular weight excluding hydrogens is 408 g/mol. The maximum Gasteiger partial charge on any atom is 0.408 e. The average molecular weight is 428 g/mol. The molecule has 0 saturated carbocycles. The minimum atomic E-state index is -1.18. The van der Waals surface area contributed by atoms with E-state index in [1.807, 2.05) is 0 Å². The second kappa shape index (κ2) is 7.62. The Morgan fingerprint density at radius 2 is 2.14 bits per heavy atom. The third-order valence-electron chi connectivity index (χ3n) is 3.88. The molecule has 3 heterocycles. The average Bonchev–Trinajstić information content (AvgIpc) is 3.00. The number of tetrazole rings is 1. The molecule has 0 bridgehead atoms. The summed E-state index contributed by atoms with van der Waals surface area (Å²) in [6, 6.07) is -0.814. The lowest BCUT2D eigenvalue weighted by Crippen LogP contribution is -2.70. The van der Waals surface area contributed by atoms with Crippen molar-refractivity contribution < 1.29 is 24.2 Å². The maximum atomic E-state index is 12.5. The van der Waals surface area contributed by atoms with Crippen molar-refractivity contribution in [3.8, 4) is 0 Å². The predicted octanol–water partition coefficient (Wildman–Crippen LogP) is 0.449. The summed E-state index contributed by atoms with van der Waals surface area (Å²) < 4.78 is 6.66. The van der Waals surface area contributed by atoms with Gasteiger partial charge in [0.15, 0.2) is 0 Å². The fourth-order valence-electron chi connectivity index (χ4n) is 2.72. The van der Waals surface area contributed by atoms with Crippen LogP contribution >= 0.6 is 23.5 Å². The van der Waals surface area contributed by atoms with Gasteiger partial charge in [-0.25, -0.2) is 14.3 Å². The van der Waals surface area contributed by atoms with E-state index in [2.05, 4.69) is 20.8 Å². The van der Waals surface area contributed by atoms with Crippen LogP contribution in [0.25, 0.3) is 0 Å². The third-order valence-corrected chi connectivity index (χ3v) is 6.32. The molecule has 13 heteroatoms. The number of hydrogen-bond acceptors (Lipinski definition) is 9. The maximum absolute atomic E-state index is 12.5. The monoisotopic (exact) mass is 428 g/mol. The van der Waals surface area contributed by atoms with E-state index in [-0.39, 0.29) is 5.70 Å². The van der Waals surface area contributed by atoms with Gasteiger partial charge in [-0.1, -0.05) is 11.8 Å². The Bertz CT molecular complexity index is 848. The molecule has 28 heavy (non-hydrogen) atoms. The molecule has 0 radical (unpaired) electrons. The number of amides is 2. The van der Waals surface area contributed by atoms with Gasteiger partial charge in [0.05, 0.1) is 0 Å². The standard InChI is InChI=1S/C15H20N6O5S2/c1-15(2,3)26-14(25)16-8-10(22)21-9(12(23)24)7(5-27-11(8)21)6-28-13-17-18-19-20(13)4/h8,11H,5-6H2,1-4H3,(H,16,25)(H,23,24)/t8?,11-/m0/s1. The number of aromatic nitrogens is 4. The van der Waals surface area contributed by atoms with E-state index in [1.165, 1.54) is 33.1 Å². The van der Waals surface area contributed by atoms with E-state index in [9.17, 15) is 19.5 Å². The Morgan fingerprint density at radius 1 is 1.43 bits per heavy atom. The smallest absolute Gasteiger partial charge is 0.408 e.